The van der Waals surface area contributed by atoms with Crippen LogP contribution in [0.5, 0.6) is 0 Å². The fourth-order valence-electron chi connectivity index (χ4n) is 3.78. The van der Waals surface area contributed by atoms with E-state index in [1.165, 1.54) is 22.9 Å². The van der Waals surface area contributed by atoms with Gasteiger partial charge >= 0.3 is 0 Å². The molecule has 0 aliphatic heterocycles. The maximum absolute atomic E-state index is 9.96. The van der Waals surface area contributed by atoms with Gasteiger partial charge in [0.25, 0.3) is 0 Å². The van der Waals surface area contributed by atoms with E-state index in [2.05, 4.69) is 63.1 Å². The molecule has 0 bridgehead atoms. The first-order valence-corrected chi connectivity index (χ1v) is 10.6. The molecule has 2 atom stereocenters. The smallest absolute Gasteiger partial charge is 0.224 e. The Labute approximate surface area is 183 Å². The van der Waals surface area contributed by atoms with Crippen LogP contribution in [0.15, 0.2) is 60.8 Å². The second-order valence-corrected chi connectivity index (χ2v) is 8.58. The van der Waals surface area contributed by atoms with Gasteiger partial charge in [-0.25, -0.2) is 4.98 Å². The quantitative estimate of drug-likeness (QED) is 0.536. The van der Waals surface area contributed by atoms with Crippen LogP contribution in [-0.4, -0.2) is 33.8 Å². The van der Waals surface area contributed by atoms with E-state index in [-0.39, 0.29) is 17.6 Å². The molecule has 3 aromatic rings. The molecule has 158 valence electrons. The number of anilines is 2. The second-order valence-electron chi connectivity index (χ2n) is 8.58. The van der Waals surface area contributed by atoms with Gasteiger partial charge in [0, 0.05) is 18.0 Å². The highest BCUT2D eigenvalue weighted by Crippen LogP contribution is 2.42. The molecular formula is C25H27N5O. The van der Waals surface area contributed by atoms with Crippen LogP contribution in [-0.2, 0) is 6.42 Å². The second kappa shape index (κ2) is 8.75. The monoisotopic (exact) mass is 413 g/mol. The molecule has 6 nitrogen and oxygen atoms in total. The molecule has 0 spiro atoms. The normalized spacial score (nSPS) is 19.2. The lowest BCUT2D eigenvalue weighted by atomic mass is 9.64. The summed E-state index contributed by atoms with van der Waals surface area (Å²) < 4.78 is 0. The highest BCUT2D eigenvalue weighted by atomic mass is 16.3. The molecule has 0 radical (unpaired) electrons. The maximum atomic E-state index is 9.96. The Hall–Kier alpha value is -3.43. The SMILES string of the molecule is CC1(C)[C@H](O)C[C@@H]1Nc1nc(NCCc2ccc(-c3ccccc3)cc2)ncc1C#N. The largest absolute Gasteiger partial charge is 0.392 e. The molecule has 1 fully saturated rings. The topological polar surface area (TPSA) is 93.9 Å². The molecule has 1 heterocycles. The summed E-state index contributed by atoms with van der Waals surface area (Å²) in [6, 6.07) is 21.1. The third-order valence-electron chi connectivity index (χ3n) is 6.19. The third-order valence-corrected chi connectivity index (χ3v) is 6.19. The molecule has 1 aliphatic rings. The van der Waals surface area contributed by atoms with Crippen molar-refractivity contribution in [1.29, 1.82) is 5.26 Å². The van der Waals surface area contributed by atoms with E-state index in [0.717, 1.165) is 6.42 Å². The van der Waals surface area contributed by atoms with Gasteiger partial charge < -0.3 is 15.7 Å². The fraction of sp³-hybridized carbons (Fsp3) is 0.320. The molecule has 1 saturated carbocycles. The number of benzene rings is 2. The molecule has 3 N–H and O–H groups in total. The number of hydrogen-bond donors (Lipinski definition) is 3. The Kier molecular flexibility index (Phi) is 5.88. The summed E-state index contributed by atoms with van der Waals surface area (Å²) in [4.78, 5) is 8.77. The van der Waals surface area contributed by atoms with E-state index in [0.29, 0.717) is 30.3 Å². The molecule has 1 aromatic heterocycles. The van der Waals surface area contributed by atoms with E-state index < -0.39 is 0 Å². The molecule has 0 amide bonds. The van der Waals surface area contributed by atoms with Gasteiger partial charge in [-0.05, 0) is 29.5 Å². The van der Waals surface area contributed by atoms with Crippen LogP contribution in [0.4, 0.5) is 11.8 Å². The van der Waals surface area contributed by atoms with Crippen LogP contribution < -0.4 is 10.6 Å². The van der Waals surface area contributed by atoms with Crippen molar-refractivity contribution in [2.75, 3.05) is 17.2 Å². The Balaban J connectivity index is 1.36. The van der Waals surface area contributed by atoms with Crippen molar-refractivity contribution in [1.82, 2.24) is 9.97 Å². The number of aliphatic hydroxyl groups is 1. The van der Waals surface area contributed by atoms with E-state index in [4.69, 9.17) is 0 Å². The van der Waals surface area contributed by atoms with Crippen LogP contribution >= 0.6 is 0 Å². The van der Waals surface area contributed by atoms with Crippen molar-refractivity contribution >= 4 is 11.8 Å². The van der Waals surface area contributed by atoms with Crippen molar-refractivity contribution < 1.29 is 5.11 Å². The van der Waals surface area contributed by atoms with Crippen molar-refractivity contribution in [3.05, 3.63) is 71.9 Å². The number of rotatable bonds is 7. The molecule has 6 heteroatoms. The number of nitriles is 1. The van der Waals surface area contributed by atoms with Crippen LogP contribution in [0.25, 0.3) is 11.1 Å². The Morgan fingerprint density at radius 2 is 1.81 bits per heavy atom. The van der Waals surface area contributed by atoms with Crippen LogP contribution in [0.1, 0.15) is 31.4 Å². The molecule has 0 saturated heterocycles. The van der Waals surface area contributed by atoms with Crippen LogP contribution in [0.2, 0.25) is 0 Å². The standard InChI is InChI=1S/C25H27N5O/c1-25(2)21(14-22(25)31)29-23-20(15-26)16-28-24(30-23)27-13-12-17-8-10-19(11-9-17)18-6-4-3-5-7-18/h3-11,16,21-22,31H,12-14H2,1-2H3,(H2,27,28,29,30)/t21-,22+/m0/s1. The zero-order valence-corrected chi connectivity index (χ0v) is 17.8. The van der Waals surface area contributed by atoms with E-state index in [9.17, 15) is 10.4 Å². The number of aliphatic hydroxyl groups excluding tert-OH is 1. The number of hydrogen-bond acceptors (Lipinski definition) is 6. The van der Waals surface area contributed by atoms with Gasteiger partial charge in [0.15, 0.2) is 0 Å². The highest BCUT2D eigenvalue weighted by molar-refractivity contribution is 5.63. The van der Waals surface area contributed by atoms with Gasteiger partial charge in [-0.15, -0.1) is 0 Å². The molecule has 1 aliphatic carbocycles. The molecule has 2 aromatic carbocycles. The summed E-state index contributed by atoms with van der Waals surface area (Å²) >= 11 is 0. The zero-order valence-electron chi connectivity index (χ0n) is 17.8. The lowest BCUT2D eigenvalue weighted by Crippen LogP contribution is -2.57. The van der Waals surface area contributed by atoms with Gasteiger partial charge in [0.2, 0.25) is 5.95 Å². The first kappa shape index (κ1) is 20.8. The average molecular weight is 414 g/mol. The zero-order chi connectivity index (χ0) is 21.8. The first-order chi connectivity index (χ1) is 15.0. The lowest BCUT2D eigenvalue weighted by molar-refractivity contribution is -0.0511. The summed E-state index contributed by atoms with van der Waals surface area (Å²) in [6.45, 7) is 4.70. The van der Waals surface area contributed by atoms with Gasteiger partial charge in [-0.1, -0.05) is 68.4 Å². The molecular weight excluding hydrogens is 386 g/mol. The maximum Gasteiger partial charge on any atom is 0.224 e. The minimum absolute atomic E-state index is 0.0699. The van der Waals surface area contributed by atoms with Crippen molar-refractivity contribution in [2.24, 2.45) is 5.41 Å². The van der Waals surface area contributed by atoms with Gasteiger partial charge in [-0.2, -0.15) is 10.2 Å². The van der Waals surface area contributed by atoms with Crippen molar-refractivity contribution in [3.63, 3.8) is 0 Å². The molecule has 31 heavy (non-hydrogen) atoms. The predicted molar refractivity (Wildman–Crippen MR) is 123 cm³/mol. The summed E-state index contributed by atoms with van der Waals surface area (Å²) in [7, 11) is 0. The van der Waals surface area contributed by atoms with E-state index >= 15 is 0 Å². The van der Waals surface area contributed by atoms with Crippen LogP contribution in [0, 0.1) is 16.7 Å². The number of nitrogens with zero attached hydrogens (tertiary/aromatic N) is 3. The van der Waals surface area contributed by atoms with Gasteiger partial charge in [-0.3, -0.25) is 0 Å². The van der Waals surface area contributed by atoms with Crippen molar-refractivity contribution in [3.8, 4) is 17.2 Å². The minimum Gasteiger partial charge on any atom is -0.392 e. The summed E-state index contributed by atoms with van der Waals surface area (Å²) in [6.07, 6.45) is 2.67. The first-order valence-electron chi connectivity index (χ1n) is 10.6. The van der Waals surface area contributed by atoms with Gasteiger partial charge in [0.1, 0.15) is 17.5 Å². The highest BCUT2D eigenvalue weighted by Gasteiger charge is 2.47. The van der Waals surface area contributed by atoms with E-state index in [1.807, 2.05) is 32.0 Å². The number of nitrogens with one attached hydrogen (secondary N) is 2. The Bertz CT molecular complexity index is 1070. The lowest BCUT2D eigenvalue weighted by Gasteiger charge is -2.49. The third kappa shape index (κ3) is 4.52. The number of aromatic nitrogens is 2. The average Bonchev–Trinajstić information content (AvgIpc) is 2.80. The fourth-order valence-corrected chi connectivity index (χ4v) is 3.78. The summed E-state index contributed by atoms with van der Waals surface area (Å²) in [5.41, 5.74) is 3.79. The summed E-state index contributed by atoms with van der Waals surface area (Å²) in [5, 5.41) is 25.9. The van der Waals surface area contributed by atoms with Crippen molar-refractivity contribution in [2.45, 2.75) is 38.8 Å². The van der Waals surface area contributed by atoms with E-state index in [1.54, 1.807) is 0 Å². The molecule has 4 rings (SSSR count). The van der Waals surface area contributed by atoms with Gasteiger partial charge in [0.05, 0.1) is 12.3 Å². The molecule has 0 unspecified atom stereocenters. The Morgan fingerprint density at radius 1 is 1.10 bits per heavy atom. The summed E-state index contributed by atoms with van der Waals surface area (Å²) in [5.74, 6) is 0.997. The van der Waals surface area contributed by atoms with Crippen LogP contribution in [0.3, 0.4) is 0 Å². The minimum atomic E-state index is -0.344. The Morgan fingerprint density at radius 3 is 2.45 bits per heavy atom. The predicted octanol–water partition coefficient (Wildman–Crippen LogP) is 4.24.